The molecule has 1 rings (SSSR count). The van der Waals surface area contributed by atoms with E-state index in [-0.39, 0.29) is 5.91 Å². The molecule has 0 saturated carbocycles. The van der Waals surface area contributed by atoms with E-state index in [1.54, 1.807) is 10.9 Å². The molecule has 0 aliphatic heterocycles. The van der Waals surface area contributed by atoms with Crippen LogP contribution in [0.3, 0.4) is 0 Å². The standard InChI is InChI=1S/C11H20N4O/c1-9-10(8-14-15(9)2)7-13-11(16)5-3-4-6-12/h8H,3-7,12H2,1-2H3,(H,13,16). The summed E-state index contributed by atoms with van der Waals surface area (Å²) in [6.07, 6.45) is 4.10. The summed E-state index contributed by atoms with van der Waals surface area (Å²) in [7, 11) is 1.89. The number of carbonyl (C=O) groups is 1. The number of carbonyl (C=O) groups excluding carboxylic acids is 1. The largest absolute Gasteiger partial charge is 0.352 e. The lowest BCUT2D eigenvalue weighted by Crippen LogP contribution is -2.22. The van der Waals surface area contributed by atoms with Gasteiger partial charge in [0.05, 0.1) is 6.20 Å². The predicted molar refractivity (Wildman–Crippen MR) is 62.7 cm³/mol. The summed E-state index contributed by atoms with van der Waals surface area (Å²) in [5, 5.41) is 7.00. The molecular formula is C11H20N4O. The van der Waals surface area contributed by atoms with Gasteiger partial charge in [0.2, 0.25) is 5.91 Å². The van der Waals surface area contributed by atoms with Crippen molar-refractivity contribution in [1.82, 2.24) is 15.1 Å². The second-order valence-corrected chi connectivity index (χ2v) is 3.90. The average Bonchev–Trinajstić information content (AvgIpc) is 2.58. The van der Waals surface area contributed by atoms with E-state index in [1.165, 1.54) is 0 Å². The SMILES string of the molecule is Cc1c(CNC(=O)CCCCN)cnn1C. The molecule has 16 heavy (non-hydrogen) atoms. The molecule has 0 fully saturated rings. The van der Waals surface area contributed by atoms with Crippen LogP contribution in [0.2, 0.25) is 0 Å². The second kappa shape index (κ2) is 6.27. The molecule has 0 aromatic carbocycles. The highest BCUT2D eigenvalue weighted by Gasteiger charge is 2.05. The van der Waals surface area contributed by atoms with Crippen molar-refractivity contribution in [3.05, 3.63) is 17.5 Å². The molecule has 0 spiro atoms. The highest BCUT2D eigenvalue weighted by Crippen LogP contribution is 2.04. The van der Waals surface area contributed by atoms with Crippen molar-refractivity contribution in [2.75, 3.05) is 6.54 Å². The number of hydrogen-bond acceptors (Lipinski definition) is 3. The fourth-order valence-electron chi connectivity index (χ4n) is 1.43. The number of aryl methyl sites for hydroxylation is 1. The van der Waals surface area contributed by atoms with Crippen molar-refractivity contribution >= 4 is 5.91 Å². The molecule has 0 unspecified atom stereocenters. The Morgan fingerprint density at radius 1 is 1.56 bits per heavy atom. The lowest BCUT2D eigenvalue weighted by atomic mass is 10.2. The predicted octanol–water partition coefficient (Wildman–Crippen LogP) is 0.474. The maximum absolute atomic E-state index is 11.4. The van der Waals surface area contributed by atoms with Crippen molar-refractivity contribution < 1.29 is 4.79 Å². The molecule has 1 heterocycles. The van der Waals surface area contributed by atoms with Crippen molar-refractivity contribution in [3.63, 3.8) is 0 Å². The summed E-state index contributed by atoms with van der Waals surface area (Å²) in [4.78, 5) is 11.4. The van der Waals surface area contributed by atoms with Crippen LogP contribution >= 0.6 is 0 Å². The monoisotopic (exact) mass is 224 g/mol. The zero-order chi connectivity index (χ0) is 12.0. The molecule has 0 saturated heterocycles. The van der Waals surface area contributed by atoms with E-state index in [0.717, 1.165) is 24.1 Å². The molecule has 0 radical (unpaired) electrons. The molecule has 1 aromatic rings. The van der Waals surface area contributed by atoms with Crippen LogP contribution in [0, 0.1) is 6.92 Å². The van der Waals surface area contributed by atoms with Crippen molar-refractivity contribution in [2.24, 2.45) is 12.8 Å². The molecule has 0 atom stereocenters. The van der Waals surface area contributed by atoms with Crippen molar-refractivity contribution in [1.29, 1.82) is 0 Å². The van der Waals surface area contributed by atoms with E-state index in [0.29, 0.717) is 19.5 Å². The fraction of sp³-hybridized carbons (Fsp3) is 0.636. The van der Waals surface area contributed by atoms with E-state index >= 15 is 0 Å². The van der Waals surface area contributed by atoms with E-state index in [4.69, 9.17) is 5.73 Å². The Kier molecular flexibility index (Phi) is 4.98. The summed E-state index contributed by atoms with van der Waals surface area (Å²) >= 11 is 0. The molecule has 1 aromatic heterocycles. The average molecular weight is 224 g/mol. The Hall–Kier alpha value is -1.36. The van der Waals surface area contributed by atoms with Gasteiger partial charge in [-0.2, -0.15) is 5.10 Å². The van der Waals surface area contributed by atoms with Crippen LogP contribution in [-0.2, 0) is 18.4 Å². The fourth-order valence-corrected chi connectivity index (χ4v) is 1.43. The van der Waals surface area contributed by atoms with E-state index in [1.807, 2.05) is 14.0 Å². The molecule has 90 valence electrons. The first kappa shape index (κ1) is 12.7. The Labute approximate surface area is 96.0 Å². The Balaban J connectivity index is 2.29. The minimum absolute atomic E-state index is 0.0803. The number of rotatable bonds is 6. The van der Waals surface area contributed by atoms with Crippen LogP contribution in [0.25, 0.3) is 0 Å². The van der Waals surface area contributed by atoms with Gasteiger partial charge >= 0.3 is 0 Å². The van der Waals surface area contributed by atoms with E-state index in [9.17, 15) is 4.79 Å². The molecule has 5 nitrogen and oxygen atoms in total. The molecule has 0 aliphatic carbocycles. The normalized spacial score (nSPS) is 10.4. The first-order valence-electron chi connectivity index (χ1n) is 5.59. The third-order valence-electron chi connectivity index (χ3n) is 2.67. The molecule has 5 heteroatoms. The number of aromatic nitrogens is 2. The quantitative estimate of drug-likeness (QED) is 0.690. The number of nitrogens with one attached hydrogen (secondary N) is 1. The summed E-state index contributed by atoms with van der Waals surface area (Å²) in [5.41, 5.74) is 7.51. The highest BCUT2D eigenvalue weighted by atomic mass is 16.1. The molecule has 0 aliphatic rings. The van der Waals surface area contributed by atoms with Gasteiger partial charge in [0.1, 0.15) is 0 Å². The third kappa shape index (κ3) is 3.66. The van der Waals surface area contributed by atoms with Crippen LogP contribution in [0.1, 0.15) is 30.5 Å². The summed E-state index contributed by atoms with van der Waals surface area (Å²) in [5.74, 6) is 0.0803. The van der Waals surface area contributed by atoms with Gasteiger partial charge in [0, 0.05) is 31.3 Å². The van der Waals surface area contributed by atoms with Gasteiger partial charge in [-0.1, -0.05) is 0 Å². The highest BCUT2D eigenvalue weighted by molar-refractivity contribution is 5.75. The molecule has 0 bridgehead atoms. The van der Waals surface area contributed by atoms with Gasteiger partial charge in [-0.25, -0.2) is 0 Å². The first-order chi connectivity index (χ1) is 7.65. The number of amides is 1. The molecule has 3 N–H and O–H groups in total. The summed E-state index contributed by atoms with van der Waals surface area (Å²) < 4.78 is 1.80. The number of unbranched alkanes of at least 4 members (excludes halogenated alkanes) is 1. The summed E-state index contributed by atoms with van der Waals surface area (Å²) in [6, 6.07) is 0. The van der Waals surface area contributed by atoms with Crippen LogP contribution in [0.5, 0.6) is 0 Å². The minimum atomic E-state index is 0.0803. The van der Waals surface area contributed by atoms with Gasteiger partial charge < -0.3 is 11.1 Å². The number of nitrogens with two attached hydrogens (primary N) is 1. The third-order valence-corrected chi connectivity index (χ3v) is 2.67. The number of nitrogens with zero attached hydrogens (tertiary/aromatic N) is 2. The Bertz CT molecular complexity index is 346. The van der Waals surface area contributed by atoms with Crippen LogP contribution in [-0.4, -0.2) is 22.2 Å². The topological polar surface area (TPSA) is 72.9 Å². The zero-order valence-corrected chi connectivity index (χ0v) is 9.99. The summed E-state index contributed by atoms with van der Waals surface area (Å²) in [6.45, 7) is 3.19. The van der Waals surface area contributed by atoms with Crippen LogP contribution in [0.15, 0.2) is 6.20 Å². The first-order valence-corrected chi connectivity index (χ1v) is 5.59. The molecule has 1 amide bonds. The lowest BCUT2D eigenvalue weighted by molar-refractivity contribution is -0.121. The minimum Gasteiger partial charge on any atom is -0.352 e. The van der Waals surface area contributed by atoms with E-state index in [2.05, 4.69) is 10.4 Å². The van der Waals surface area contributed by atoms with Gasteiger partial charge in [0.15, 0.2) is 0 Å². The van der Waals surface area contributed by atoms with Gasteiger partial charge in [-0.05, 0) is 26.3 Å². The lowest BCUT2D eigenvalue weighted by Gasteiger charge is -2.04. The number of hydrogen-bond donors (Lipinski definition) is 2. The van der Waals surface area contributed by atoms with Gasteiger partial charge in [-0.15, -0.1) is 0 Å². The molecular weight excluding hydrogens is 204 g/mol. The second-order valence-electron chi connectivity index (χ2n) is 3.90. The van der Waals surface area contributed by atoms with Gasteiger partial charge in [0.25, 0.3) is 0 Å². The smallest absolute Gasteiger partial charge is 0.220 e. The zero-order valence-electron chi connectivity index (χ0n) is 9.99. The van der Waals surface area contributed by atoms with Crippen LogP contribution < -0.4 is 11.1 Å². The Morgan fingerprint density at radius 2 is 2.31 bits per heavy atom. The van der Waals surface area contributed by atoms with E-state index < -0.39 is 0 Å². The maximum Gasteiger partial charge on any atom is 0.220 e. The Morgan fingerprint density at radius 3 is 2.88 bits per heavy atom. The van der Waals surface area contributed by atoms with Crippen molar-refractivity contribution in [3.8, 4) is 0 Å². The van der Waals surface area contributed by atoms with Crippen LogP contribution in [0.4, 0.5) is 0 Å². The maximum atomic E-state index is 11.4. The van der Waals surface area contributed by atoms with Gasteiger partial charge in [-0.3, -0.25) is 9.48 Å². The van der Waals surface area contributed by atoms with Crippen molar-refractivity contribution in [2.45, 2.75) is 32.7 Å².